The quantitative estimate of drug-likeness (QED) is 0.631. The lowest BCUT2D eigenvalue weighted by Gasteiger charge is -2.07. The molecule has 2 rings (SSSR count). The van der Waals surface area contributed by atoms with E-state index in [1.807, 2.05) is 36.0 Å². The van der Waals surface area contributed by atoms with Crippen LogP contribution in [0.15, 0.2) is 59.5 Å². The number of thioether (sulfide) groups is 1. The average Bonchev–Trinajstić information content (AvgIpc) is 2.48. The molecule has 108 valence electrons. The molecule has 0 aliphatic heterocycles. The molecule has 0 atom stereocenters. The van der Waals surface area contributed by atoms with E-state index in [1.165, 1.54) is 16.5 Å². The first-order valence-corrected chi connectivity index (χ1v) is 7.88. The van der Waals surface area contributed by atoms with Gasteiger partial charge in [-0.1, -0.05) is 43.3 Å². The van der Waals surface area contributed by atoms with Crippen LogP contribution in [0.1, 0.15) is 23.6 Å². The molecule has 0 spiro atoms. The maximum Gasteiger partial charge on any atom is 0.328 e. The van der Waals surface area contributed by atoms with Gasteiger partial charge in [0, 0.05) is 11.0 Å². The Bertz CT molecular complexity index is 630. The zero-order chi connectivity index (χ0) is 15.1. The SMILES string of the molecule is CCSc1ccc(Cc2ccccc2/C=C/C(=O)O)cc1. The third-order valence-electron chi connectivity index (χ3n) is 3.09. The Hall–Kier alpha value is -2.00. The van der Waals surface area contributed by atoms with Gasteiger partial charge in [-0.3, -0.25) is 0 Å². The van der Waals surface area contributed by atoms with Crippen molar-refractivity contribution in [3.8, 4) is 0 Å². The van der Waals surface area contributed by atoms with E-state index < -0.39 is 5.97 Å². The Labute approximate surface area is 129 Å². The summed E-state index contributed by atoms with van der Waals surface area (Å²) in [6.45, 7) is 2.14. The number of carbonyl (C=O) groups is 1. The topological polar surface area (TPSA) is 37.3 Å². The highest BCUT2D eigenvalue weighted by Crippen LogP contribution is 2.20. The normalized spacial score (nSPS) is 10.9. The lowest BCUT2D eigenvalue weighted by atomic mass is 9.99. The highest BCUT2D eigenvalue weighted by atomic mass is 32.2. The molecule has 3 heteroatoms. The summed E-state index contributed by atoms with van der Waals surface area (Å²) in [6.07, 6.45) is 3.63. The van der Waals surface area contributed by atoms with E-state index in [0.29, 0.717) is 0 Å². The average molecular weight is 298 g/mol. The van der Waals surface area contributed by atoms with Crippen LogP contribution in [0.4, 0.5) is 0 Å². The highest BCUT2D eigenvalue weighted by Gasteiger charge is 2.02. The van der Waals surface area contributed by atoms with Crippen molar-refractivity contribution in [2.45, 2.75) is 18.2 Å². The van der Waals surface area contributed by atoms with Crippen LogP contribution < -0.4 is 0 Å². The summed E-state index contributed by atoms with van der Waals surface area (Å²) in [5, 5.41) is 8.75. The standard InChI is InChI=1S/C18H18O2S/c1-2-21-17-10-7-14(8-11-17)13-16-6-4-3-5-15(16)9-12-18(19)20/h3-12H,2,13H2,1H3,(H,19,20)/b12-9+. The summed E-state index contributed by atoms with van der Waals surface area (Å²) in [5.74, 6) is 0.146. The summed E-state index contributed by atoms with van der Waals surface area (Å²) in [5.41, 5.74) is 3.31. The van der Waals surface area contributed by atoms with Crippen molar-refractivity contribution < 1.29 is 9.90 Å². The van der Waals surface area contributed by atoms with Gasteiger partial charge in [-0.2, -0.15) is 0 Å². The molecule has 2 aromatic rings. The van der Waals surface area contributed by atoms with Crippen molar-refractivity contribution in [3.63, 3.8) is 0 Å². The van der Waals surface area contributed by atoms with Crippen molar-refractivity contribution in [1.82, 2.24) is 0 Å². The van der Waals surface area contributed by atoms with E-state index in [2.05, 4.69) is 31.2 Å². The number of benzene rings is 2. The predicted molar refractivity (Wildman–Crippen MR) is 88.8 cm³/mol. The van der Waals surface area contributed by atoms with Crippen molar-refractivity contribution in [2.75, 3.05) is 5.75 Å². The van der Waals surface area contributed by atoms with Gasteiger partial charge >= 0.3 is 5.97 Å². The zero-order valence-corrected chi connectivity index (χ0v) is 12.8. The molecule has 21 heavy (non-hydrogen) atoms. The lowest BCUT2D eigenvalue weighted by Crippen LogP contribution is -1.93. The molecule has 2 nitrogen and oxygen atoms in total. The molecule has 0 unspecified atom stereocenters. The minimum atomic E-state index is -0.925. The van der Waals surface area contributed by atoms with Crippen LogP contribution in [-0.2, 0) is 11.2 Å². The molecule has 0 fully saturated rings. The largest absolute Gasteiger partial charge is 0.478 e. The molecule has 2 aromatic carbocycles. The second-order valence-electron chi connectivity index (χ2n) is 4.62. The molecule has 0 saturated carbocycles. The summed E-state index contributed by atoms with van der Waals surface area (Å²) in [6, 6.07) is 16.4. The fourth-order valence-corrected chi connectivity index (χ4v) is 2.77. The van der Waals surface area contributed by atoms with Crippen LogP contribution in [0.2, 0.25) is 0 Å². The van der Waals surface area contributed by atoms with Gasteiger partial charge in [0.1, 0.15) is 0 Å². The van der Waals surface area contributed by atoms with Crippen molar-refractivity contribution in [3.05, 3.63) is 71.3 Å². The van der Waals surface area contributed by atoms with Gasteiger partial charge in [-0.05, 0) is 47.1 Å². The van der Waals surface area contributed by atoms with E-state index in [0.717, 1.165) is 23.3 Å². The zero-order valence-electron chi connectivity index (χ0n) is 12.0. The molecular weight excluding hydrogens is 280 g/mol. The Morgan fingerprint density at radius 3 is 2.52 bits per heavy atom. The number of carboxylic acids is 1. The van der Waals surface area contributed by atoms with Gasteiger partial charge in [0.15, 0.2) is 0 Å². The van der Waals surface area contributed by atoms with Crippen LogP contribution >= 0.6 is 11.8 Å². The van der Waals surface area contributed by atoms with Crippen LogP contribution in [0.3, 0.4) is 0 Å². The predicted octanol–water partition coefficient (Wildman–Crippen LogP) is 4.49. The first-order valence-electron chi connectivity index (χ1n) is 6.89. The highest BCUT2D eigenvalue weighted by molar-refractivity contribution is 7.99. The van der Waals surface area contributed by atoms with Gasteiger partial charge in [0.25, 0.3) is 0 Å². The second-order valence-corrected chi connectivity index (χ2v) is 5.96. The summed E-state index contributed by atoms with van der Waals surface area (Å²) >= 11 is 1.83. The molecule has 0 aromatic heterocycles. The molecule has 0 aliphatic carbocycles. The Balaban J connectivity index is 2.17. The lowest BCUT2D eigenvalue weighted by molar-refractivity contribution is -0.131. The van der Waals surface area contributed by atoms with E-state index in [9.17, 15) is 4.79 Å². The smallest absolute Gasteiger partial charge is 0.328 e. The van der Waals surface area contributed by atoms with Crippen molar-refractivity contribution in [2.24, 2.45) is 0 Å². The summed E-state index contributed by atoms with van der Waals surface area (Å²) < 4.78 is 0. The van der Waals surface area contributed by atoms with E-state index in [-0.39, 0.29) is 0 Å². The van der Waals surface area contributed by atoms with E-state index in [1.54, 1.807) is 6.08 Å². The van der Waals surface area contributed by atoms with Gasteiger partial charge in [0.2, 0.25) is 0 Å². The minimum absolute atomic E-state index is 0.803. The summed E-state index contributed by atoms with van der Waals surface area (Å²) in [4.78, 5) is 11.9. The molecular formula is C18H18O2S. The van der Waals surface area contributed by atoms with Crippen LogP contribution in [0, 0.1) is 0 Å². The molecule has 0 aliphatic rings. The molecule has 0 radical (unpaired) electrons. The Morgan fingerprint density at radius 1 is 1.14 bits per heavy atom. The number of hydrogen-bond acceptors (Lipinski definition) is 2. The van der Waals surface area contributed by atoms with Crippen LogP contribution in [-0.4, -0.2) is 16.8 Å². The van der Waals surface area contributed by atoms with E-state index >= 15 is 0 Å². The van der Waals surface area contributed by atoms with Gasteiger partial charge in [-0.15, -0.1) is 11.8 Å². The Kier molecular flexibility index (Phi) is 5.64. The number of aliphatic carboxylic acids is 1. The Morgan fingerprint density at radius 2 is 1.86 bits per heavy atom. The van der Waals surface area contributed by atoms with Crippen LogP contribution in [0.25, 0.3) is 6.08 Å². The van der Waals surface area contributed by atoms with Gasteiger partial charge in [0.05, 0.1) is 0 Å². The molecule has 1 N–H and O–H groups in total. The fraction of sp³-hybridized carbons (Fsp3) is 0.167. The van der Waals surface area contributed by atoms with Gasteiger partial charge in [-0.25, -0.2) is 4.79 Å². The summed E-state index contributed by atoms with van der Waals surface area (Å²) in [7, 11) is 0. The monoisotopic (exact) mass is 298 g/mol. The third kappa shape index (κ3) is 4.80. The van der Waals surface area contributed by atoms with Crippen molar-refractivity contribution in [1.29, 1.82) is 0 Å². The first-order chi connectivity index (χ1) is 10.2. The second kappa shape index (κ2) is 7.70. The number of carboxylic acid groups (broad SMARTS) is 1. The first kappa shape index (κ1) is 15.4. The number of rotatable bonds is 6. The fourth-order valence-electron chi connectivity index (χ4n) is 2.11. The van der Waals surface area contributed by atoms with Crippen molar-refractivity contribution >= 4 is 23.8 Å². The maximum atomic E-state index is 10.7. The third-order valence-corrected chi connectivity index (χ3v) is 3.98. The van der Waals surface area contributed by atoms with E-state index in [4.69, 9.17) is 5.11 Å². The molecule has 0 heterocycles. The maximum absolute atomic E-state index is 10.7. The van der Waals surface area contributed by atoms with Gasteiger partial charge < -0.3 is 5.11 Å². The van der Waals surface area contributed by atoms with Crippen LogP contribution in [0.5, 0.6) is 0 Å². The number of hydrogen-bond donors (Lipinski definition) is 1. The minimum Gasteiger partial charge on any atom is -0.478 e. The molecule has 0 amide bonds. The molecule has 0 bridgehead atoms. The molecule has 0 saturated heterocycles.